The van der Waals surface area contributed by atoms with Gasteiger partial charge in [0.1, 0.15) is 22.5 Å². The second kappa shape index (κ2) is 8.04. The third-order valence-electron chi connectivity index (χ3n) is 5.69. The van der Waals surface area contributed by atoms with Crippen LogP contribution in [0.15, 0.2) is 40.8 Å². The molecule has 1 aliphatic carbocycles. The van der Waals surface area contributed by atoms with E-state index in [4.69, 9.17) is 9.15 Å². The van der Waals surface area contributed by atoms with E-state index in [-0.39, 0.29) is 12.5 Å². The molecule has 1 aromatic heterocycles. The van der Waals surface area contributed by atoms with Gasteiger partial charge in [-0.3, -0.25) is 4.79 Å². The third-order valence-corrected chi connectivity index (χ3v) is 5.69. The van der Waals surface area contributed by atoms with E-state index in [1.165, 1.54) is 0 Å². The summed E-state index contributed by atoms with van der Waals surface area (Å²) in [5.41, 5.74) is 1.47. The highest BCUT2D eigenvalue weighted by Gasteiger charge is 2.32. The Labute approximate surface area is 169 Å². The minimum absolute atomic E-state index is 0.0610. The standard InChI is InChI=1S/C23H25N3O3/c1-28-21-12-17-16-8-4-5-9-19(16)29-20(17)13-18(21)25-14-22(27)26-23(15-24)10-6-2-3-7-11-23/h4-5,8-9,12-13,25H,2-3,6-7,10-11,14H2,1H3,(H,26,27). The monoisotopic (exact) mass is 391 g/mol. The number of rotatable bonds is 5. The number of nitrogens with one attached hydrogen (secondary N) is 2. The fourth-order valence-electron chi connectivity index (χ4n) is 4.14. The number of furan rings is 1. The van der Waals surface area contributed by atoms with Gasteiger partial charge in [0.05, 0.1) is 25.4 Å². The number of benzene rings is 2. The number of nitrogens with zero attached hydrogens (tertiary/aromatic N) is 1. The largest absolute Gasteiger partial charge is 0.495 e. The number of hydrogen-bond donors (Lipinski definition) is 2. The molecule has 6 nitrogen and oxygen atoms in total. The van der Waals surface area contributed by atoms with Crippen LogP contribution in [-0.4, -0.2) is 25.1 Å². The Morgan fingerprint density at radius 2 is 1.90 bits per heavy atom. The van der Waals surface area contributed by atoms with Crippen LogP contribution in [0.5, 0.6) is 5.75 Å². The van der Waals surface area contributed by atoms with E-state index in [2.05, 4.69) is 16.7 Å². The summed E-state index contributed by atoms with van der Waals surface area (Å²) in [6.45, 7) is 0.0610. The van der Waals surface area contributed by atoms with Crippen molar-refractivity contribution < 1.29 is 13.9 Å². The minimum atomic E-state index is -0.748. The van der Waals surface area contributed by atoms with Gasteiger partial charge < -0.3 is 19.8 Å². The first-order valence-corrected chi connectivity index (χ1v) is 10.1. The van der Waals surface area contributed by atoms with E-state index in [0.717, 1.165) is 47.6 Å². The highest BCUT2D eigenvalue weighted by molar-refractivity contribution is 6.06. The molecule has 2 N–H and O–H groups in total. The fourth-order valence-corrected chi connectivity index (χ4v) is 4.14. The van der Waals surface area contributed by atoms with E-state index in [0.29, 0.717) is 24.3 Å². The first kappa shape index (κ1) is 19.1. The van der Waals surface area contributed by atoms with E-state index >= 15 is 0 Å². The molecule has 0 atom stereocenters. The maximum atomic E-state index is 12.6. The van der Waals surface area contributed by atoms with Crippen molar-refractivity contribution in [2.45, 2.75) is 44.1 Å². The number of anilines is 1. The van der Waals surface area contributed by atoms with Crippen LogP contribution >= 0.6 is 0 Å². The quantitative estimate of drug-likeness (QED) is 0.614. The first-order chi connectivity index (χ1) is 14.1. The predicted molar refractivity (Wildman–Crippen MR) is 113 cm³/mol. The van der Waals surface area contributed by atoms with E-state index in [1.807, 2.05) is 36.4 Å². The summed E-state index contributed by atoms with van der Waals surface area (Å²) in [7, 11) is 1.60. The van der Waals surface area contributed by atoms with Crippen molar-refractivity contribution in [2.24, 2.45) is 0 Å². The molecule has 3 aromatic rings. The number of carbonyl (C=O) groups excluding carboxylic acids is 1. The molecule has 1 heterocycles. The van der Waals surface area contributed by atoms with Crippen LogP contribution in [0.2, 0.25) is 0 Å². The summed E-state index contributed by atoms with van der Waals surface area (Å²) in [6.07, 6.45) is 5.60. The number of carbonyl (C=O) groups is 1. The van der Waals surface area contributed by atoms with Crippen LogP contribution in [0.3, 0.4) is 0 Å². The van der Waals surface area contributed by atoms with Crippen molar-refractivity contribution in [3.05, 3.63) is 36.4 Å². The number of fused-ring (bicyclic) bond motifs is 3. The van der Waals surface area contributed by atoms with Gasteiger partial charge in [0.15, 0.2) is 0 Å². The Morgan fingerprint density at radius 3 is 2.62 bits per heavy atom. The molecule has 6 heteroatoms. The normalized spacial score (nSPS) is 16.1. The number of nitriles is 1. The Kier molecular flexibility index (Phi) is 5.30. The number of methoxy groups -OCH3 is 1. The molecule has 1 saturated carbocycles. The topological polar surface area (TPSA) is 87.3 Å². The molecule has 0 spiro atoms. The molecular weight excluding hydrogens is 366 g/mol. The van der Waals surface area contributed by atoms with Gasteiger partial charge in [0, 0.05) is 16.8 Å². The zero-order chi connectivity index (χ0) is 20.3. The number of ether oxygens (including phenoxy) is 1. The fraction of sp³-hybridized carbons (Fsp3) is 0.391. The Morgan fingerprint density at radius 1 is 1.14 bits per heavy atom. The molecule has 150 valence electrons. The van der Waals surface area contributed by atoms with Gasteiger partial charge >= 0.3 is 0 Å². The lowest BCUT2D eigenvalue weighted by Crippen LogP contribution is -2.48. The summed E-state index contributed by atoms with van der Waals surface area (Å²) in [6, 6.07) is 14.0. The SMILES string of the molecule is COc1cc2c(cc1NCC(=O)NC1(C#N)CCCCCC1)oc1ccccc12. The molecule has 0 saturated heterocycles. The lowest BCUT2D eigenvalue weighted by molar-refractivity contribution is -0.120. The van der Waals surface area contributed by atoms with Crippen molar-refractivity contribution in [2.75, 3.05) is 19.0 Å². The number of hydrogen-bond acceptors (Lipinski definition) is 5. The molecule has 0 aliphatic heterocycles. The predicted octanol–water partition coefficient (Wildman–Crippen LogP) is 4.74. The van der Waals surface area contributed by atoms with Crippen molar-refractivity contribution in [3.63, 3.8) is 0 Å². The molecule has 2 aromatic carbocycles. The second-order valence-electron chi connectivity index (χ2n) is 7.66. The molecule has 29 heavy (non-hydrogen) atoms. The van der Waals surface area contributed by atoms with Gasteiger partial charge in [0.2, 0.25) is 5.91 Å². The molecule has 0 unspecified atom stereocenters. The molecule has 1 fully saturated rings. The summed E-state index contributed by atoms with van der Waals surface area (Å²) in [5, 5.41) is 17.7. The Bertz CT molecular complexity index is 1070. The van der Waals surface area contributed by atoms with E-state index in [1.54, 1.807) is 7.11 Å². The average Bonchev–Trinajstić information content (AvgIpc) is 2.93. The molecule has 0 radical (unpaired) electrons. The second-order valence-corrected chi connectivity index (χ2v) is 7.66. The van der Waals surface area contributed by atoms with Crippen LogP contribution in [0.25, 0.3) is 21.9 Å². The maximum absolute atomic E-state index is 12.6. The summed E-state index contributed by atoms with van der Waals surface area (Å²) in [4.78, 5) is 12.6. The molecule has 1 aliphatic rings. The lowest BCUT2D eigenvalue weighted by atomic mass is 9.92. The maximum Gasteiger partial charge on any atom is 0.240 e. The van der Waals surface area contributed by atoms with Crippen LogP contribution in [0.1, 0.15) is 38.5 Å². The Hall–Kier alpha value is -3.20. The van der Waals surface area contributed by atoms with Gasteiger partial charge in [-0.25, -0.2) is 0 Å². The highest BCUT2D eigenvalue weighted by Crippen LogP contribution is 2.36. The zero-order valence-corrected chi connectivity index (χ0v) is 16.6. The minimum Gasteiger partial charge on any atom is -0.495 e. The van der Waals surface area contributed by atoms with Crippen LogP contribution in [0.4, 0.5) is 5.69 Å². The first-order valence-electron chi connectivity index (χ1n) is 10.1. The lowest BCUT2D eigenvalue weighted by Gasteiger charge is -2.26. The average molecular weight is 391 g/mol. The molecular formula is C23H25N3O3. The van der Waals surface area contributed by atoms with Gasteiger partial charge in [-0.1, -0.05) is 43.9 Å². The van der Waals surface area contributed by atoms with Crippen LogP contribution < -0.4 is 15.4 Å². The van der Waals surface area contributed by atoms with Crippen LogP contribution in [0, 0.1) is 11.3 Å². The summed E-state index contributed by atoms with van der Waals surface area (Å²) >= 11 is 0. The summed E-state index contributed by atoms with van der Waals surface area (Å²) in [5.74, 6) is 0.446. The van der Waals surface area contributed by atoms with E-state index in [9.17, 15) is 10.1 Å². The van der Waals surface area contributed by atoms with Crippen molar-refractivity contribution in [1.29, 1.82) is 5.26 Å². The van der Waals surface area contributed by atoms with Gasteiger partial charge in [-0.2, -0.15) is 5.26 Å². The van der Waals surface area contributed by atoms with Gasteiger partial charge in [0.25, 0.3) is 0 Å². The smallest absolute Gasteiger partial charge is 0.240 e. The zero-order valence-electron chi connectivity index (χ0n) is 16.6. The van der Waals surface area contributed by atoms with Crippen molar-refractivity contribution in [3.8, 4) is 11.8 Å². The molecule has 1 amide bonds. The van der Waals surface area contributed by atoms with Gasteiger partial charge in [-0.15, -0.1) is 0 Å². The van der Waals surface area contributed by atoms with Crippen LogP contribution in [-0.2, 0) is 4.79 Å². The van der Waals surface area contributed by atoms with Crippen molar-refractivity contribution in [1.82, 2.24) is 5.32 Å². The molecule has 4 rings (SSSR count). The van der Waals surface area contributed by atoms with Crippen molar-refractivity contribution >= 4 is 33.5 Å². The molecule has 0 bridgehead atoms. The number of para-hydroxylation sites is 1. The third kappa shape index (κ3) is 3.86. The number of amides is 1. The van der Waals surface area contributed by atoms with E-state index < -0.39 is 5.54 Å². The summed E-state index contributed by atoms with van der Waals surface area (Å²) < 4.78 is 11.5. The highest BCUT2D eigenvalue weighted by atomic mass is 16.5. The Balaban J connectivity index is 1.52. The van der Waals surface area contributed by atoms with Gasteiger partial charge in [-0.05, 0) is 25.0 Å².